The number of amides is 1. The third-order valence-electron chi connectivity index (χ3n) is 5.04. The van der Waals surface area contributed by atoms with Gasteiger partial charge in [0, 0.05) is 6.54 Å². The van der Waals surface area contributed by atoms with Gasteiger partial charge >= 0.3 is 0 Å². The maximum absolute atomic E-state index is 13.1. The number of hydrogen-bond acceptors (Lipinski definition) is 6. The number of aryl methyl sites for hydroxylation is 1. The zero-order valence-corrected chi connectivity index (χ0v) is 20.3. The summed E-state index contributed by atoms with van der Waals surface area (Å²) in [5.74, 6) is 1.37. The molecule has 0 aromatic heterocycles. The second kappa shape index (κ2) is 11.2. The lowest BCUT2D eigenvalue weighted by Crippen LogP contribution is -2.41. The van der Waals surface area contributed by atoms with E-state index in [1.54, 1.807) is 45.2 Å². The molecule has 0 spiro atoms. The molecule has 1 N–H and O–H groups in total. The van der Waals surface area contributed by atoms with Gasteiger partial charge in [0.25, 0.3) is 0 Å². The predicted octanol–water partition coefficient (Wildman–Crippen LogP) is 3.30. The van der Waals surface area contributed by atoms with Gasteiger partial charge in [0.15, 0.2) is 11.5 Å². The first kappa shape index (κ1) is 25.5. The Hall–Kier alpha value is -2.78. The van der Waals surface area contributed by atoms with E-state index in [0.29, 0.717) is 23.9 Å². The van der Waals surface area contributed by atoms with Crippen LogP contribution in [0.4, 0.5) is 0 Å². The van der Waals surface area contributed by atoms with E-state index in [0.717, 1.165) is 15.4 Å². The lowest BCUT2D eigenvalue weighted by atomic mass is 10.1. The maximum atomic E-state index is 13.1. The van der Waals surface area contributed by atoms with E-state index in [1.807, 2.05) is 19.9 Å². The van der Waals surface area contributed by atoms with Gasteiger partial charge in [0.05, 0.1) is 38.3 Å². The number of nitrogens with zero attached hydrogens (tertiary/aromatic N) is 1. The number of likely N-dealkylation sites (N-methyl/N-ethyl adjacent to an activating group) is 1. The Morgan fingerprint density at radius 3 is 2.25 bits per heavy atom. The van der Waals surface area contributed by atoms with Crippen molar-refractivity contribution < 1.29 is 27.4 Å². The molecule has 0 unspecified atom stereocenters. The molecule has 32 heavy (non-hydrogen) atoms. The van der Waals surface area contributed by atoms with Crippen molar-refractivity contribution in [1.29, 1.82) is 0 Å². The Bertz CT molecular complexity index is 1040. The third kappa shape index (κ3) is 5.92. The van der Waals surface area contributed by atoms with Crippen LogP contribution in [0.1, 0.15) is 37.9 Å². The molecule has 0 saturated carbocycles. The van der Waals surface area contributed by atoms with Crippen molar-refractivity contribution in [3.8, 4) is 17.2 Å². The van der Waals surface area contributed by atoms with Crippen LogP contribution >= 0.6 is 0 Å². The SMILES string of the molecule is CCOc1ccc(S(=O)(=O)N(CC)CC(=O)N[C@@H](C)c2ccc(OC)c(OC)c2)cc1C. The van der Waals surface area contributed by atoms with Crippen LogP contribution < -0.4 is 19.5 Å². The van der Waals surface area contributed by atoms with Crippen molar-refractivity contribution >= 4 is 15.9 Å². The molecule has 0 aliphatic rings. The Morgan fingerprint density at radius 1 is 1.03 bits per heavy atom. The number of benzene rings is 2. The lowest BCUT2D eigenvalue weighted by molar-refractivity contribution is -0.121. The van der Waals surface area contributed by atoms with Gasteiger partial charge in [-0.1, -0.05) is 13.0 Å². The van der Waals surface area contributed by atoms with Gasteiger partial charge in [-0.25, -0.2) is 8.42 Å². The fourth-order valence-electron chi connectivity index (χ4n) is 3.27. The maximum Gasteiger partial charge on any atom is 0.243 e. The standard InChI is InChI=1S/C23H32N2O6S/c1-7-25(32(27,28)19-10-12-20(31-8-2)16(3)13-19)15-23(26)24-17(4)18-9-11-21(29-5)22(14-18)30-6/h9-14,17H,7-8,15H2,1-6H3,(H,24,26)/t17-/m0/s1. The van der Waals surface area contributed by atoms with Gasteiger partial charge in [-0.3, -0.25) is 4.79 Å². The highest BCUT2D eigenvalue weighted by Crippen LogP contribution is 2.30. The Balaban J connectivity index is 2.14. The summed E-state index contributed by atoms with van der Waals surface area (Å²) in [4.78, 5) is 12.8. The molecule has 1 atom stereocenters. The fraction of sp³-hybridized carbons (Fsp3) is 0.435. The first-order valence-corrected chi connectivity index (χ1v) is 11.9. The number of carbonyl (C=O) groups is 1. The molecule has 1 amide bonds. The van der Waals surface area contributed by atoms with Crippen molar-refractivity contribution in [1.82, 2.24) is 9.62 Å². The average Bonchev–Trinajstić information content (AvgIpc) is 2.78. The summed E-state index contributed by atoms with van der Waals surface area (Å²) >= 11 is 0. The second-order valence-corrected chi connectivity index (χ2v) is 9.13. The van der Waals surface area contributed by atoms with E-state index >= 15 is 0 Å². The number of methoxy groups -OCH3 is 2. The lowest BCUT2D eigenvalue weighted by Gasteiger charge is -2.22. The van der Waals surface area contributed by atoms with Crippen LogP contribution in [0.15, 0.2) is 41.3 Å². The monoisotopic (exact) mass is 464 g/mol. The highest BCUT2D eigenvalue weighted by Gasteiger charge is 2.26. The summed E-state index contributed by atoms with van der Waals surface area (Å²) in [6, 6.07) is 9.71. The first-order valence-electron chi connectivity index (χ1n) is 10.4. The smallest absolute Gasteiger partial charge is 0.243 e. The van der Waals surface area contributed by atoms with Gasteiger partial charge < -0.3 is 19.5 Å². The van der Waals surface area contributed by atoms with Crippen LogP contribution in [-0.4, -0.2) is 52.5 Å². The molecule has 0 saturated heterocycles. The molecule has 0 bridgehead atoms. The second-order valence-electron chi connectivity index (χ2n) is 7.20. The van der Waals surface area contributed by atoms with Crippen molar-refractivity contribution in [3.05, 3.63) is 47.5 Å². The van der Waals surface area contributed by atoms with E-state index in [9.17, 15) is 13.2 Å². The zero-order chi connectivity index (χ0) is 23.9. The van der Waals surface area contributed by atoms with Crippen molar-refractivity contribution in [2.75, 3.05) is 33.9 Å². The molecule has 0 heterocycles. The highest BCUT2D eigenvalue weighted by atomic mass is 32.2. The third-order valence-corrected chi connectivity index (χ3v) is 6.96. The number of rotatable bonds is 11. The predicted molar refractivity (Wildman–Crippen MR) is 123 cm³/mol. The average molecular weight is 465 g/mol. The van der Waals surface area contributed by atoms with Crippen LogP contribution in [-0.2, 0) is 14.8 Å². The van der Waals surface area contributed by atoms with Gasteiger partial charge in [-0.2, -0.15) is 4.31 Å². The minimum Gasteiger partial charge on any atom is -0.494 e. The van der Waals surface area contributed by atoms with E-state index in [4.69, 9.17) is 14.2 Å². The quantitative estimate of drug-likeness (QED) is 0.548. The topological polar surface area (TPSA) is 94.2 Å². The molecule has 0 radical (unpaired) electrons. The van der Waals surface area contributed by atoms with Crippen LogP contribution in [0.5, 0.6) is 17.2 Å². The van der Waals surface area contributed by atoms with E-state index in [2.05, 4.69) is 5.32 Å². The Kier molecular flexibility index (Phi) is 8.91. The molecule has 9 heteroatoms. The Labute approximate surface area is 190 Å². The number of nitrogens with one attached hydrogen (secondary N) is 1. The first-order chi connectivity index (χ1) is 15.2. The number of ether oxygens (including phenoxy) is 3. The van der Waals surface area contributed by atoms with Crippen LogP contribution in [0.2, 0.25) is 0 Å². The molecule has 0 fully saturated rings. The van der Waals surface area contributed by atoms with E-state index in [-0.39, 0.29) is 24.0 Å². The van der Waals surface area contributed by atoms with Gasteiger partial charge in [0.1, 0.15) is 5.75 Å². The summed E-state index contributed by atoms with van der Waals surface area (Å²) < 4.78 is 43.4. The van der Waals surface area contributed by atoms with E-state index < -0.39 is 15.9 Å². The van der Waals surface area contributed by atoms with Crippen LogP contribution in [0.25, 0.3) is 0 Å². The molecular weight excluding hydrogens is 432 g/mol. The largest absolute Gasteiger partial charge is 0.494 e. The van der Waals surface area contributed by atoms with Crippen molar-refractivity contribution in [2.45, 2.75) is 38.6 Å². The van der Waals surface area contributed by atoms with Gasteiger partial charge in [-0.05, 0) is 62.2 Å². The number of hydrogen-bond donors (Lipinski definition) is 1. The molecule has 0 aliphatic heterocycles. The van der Waals surface area contributed by atoms with Crippen LogP contribution in [0, 0.1) is 6.92 Å². The normalized spacial score (nSPS) is 12.3. The van der Waals surface area contributed by atoms with Gasteiger partial charge in [0.2, 0.25) is 15.9 Å². The molecule has 2 rings (SSSR count). The molecule has 176 valence electrons. The highest BCUT2D eigenvalue weighted by molar-refractivity contribution is 7.89. The molecule has 2 aromatic carbocycles. The van der Waals surface area contributed by atoms with Crippen LogP contribution in [0.3, 0.4) is 0 Å². The van der Waals surface area contributed by atoms with Crippen molar-refractivity contribution in [3.63, 3.8) is 0 Å². The summed E-state index contributed by atoms with van der Waals surface area (Å²) in [6.45, 7) is 7.54. The molecule has 0 aliphatic carbocycles. The van der Waals surface area contributed by atoms with Crippen molar-refractivity contribution in [2.24, 2.45) is 0 Å². The molecular formula is C23H32N2O6S. The number of sulfonamides is 1. The zero-order valence-electron chi connectivity index (χ0n) is 19.5. The van der Waals surface area contributed by atoms with Gasteiger partial charge in [-0.15, -0.1) is 0 Å². The summed E-state index contributed by atoms with van der Waals surface area (Å²) in [7, 11) is -0.751. The minimum absolute atomic E-state index is 0.126. The molecule has 2 aromatic rings. The number of carbonyl (C=O) groups excluding carboxylic acids is 1. The Morgan fingerprint density at radius 2 is 1.69 bits per heavy atom. The molecule has 8 nitrogen and oxygen atoms in total. The summed E-state index contributed by atoms with van der Waals surface area (Å²) in [5.41, 5.74) is 1.53. The van der Waals surface area contributed by atoms with E-state index in [1.165, 1.54) is 13.2 Å². The summed E-state index contributed by atoms with van der Waals surface area (Å²) in [6.07, 6.45) is 0. The fourth-order valence-corrected chi connectivity index (χ4v) is 4.76. The summed E-state index contributed by atoms with van der Waals surface area (Å²) in [5, 5.41) is 2.85. The minimum atomic E-state index is -3.84.